The summed E-state index contributed by atoms with van der Waals surface area (Å²) >= 11 is 0. The summed E-state index contributed by atoms with van der Waals surface area (Å²) < 4.78 is 5.70. The van der Waals surface area contributed by atoms with Gasteiger partial charge < -0.3 is 4.74 Å². The van der Waals surface area contributed by atoms with Crippen LogP contribution in [0.15, 0.2) is 30.6 Å². The first-order valence-electron chi connectivity index (χ1n) is 6.61. The molecule has 0 aliphatic rings. The van der Waals surface area contributed by atoms with Crippen molar-refractivity contribution in [2.75, 3.05) is 6.61 Å². The Morgan fingerprint density at radius 3 is 2.55 bits per heavy atom. The van der Waals surface area contributed by atoms with Crippen LogP contribution in [-0.2, 0) is 0 Å². The fourth-order valence-corrected chi connectivity index (χ4v) is 1.77. The number of rotatable bonds is 5. The number of hydrogen-bond donors (Lipinski definition) is 0. The molecule has 0 amide bonds. The molecule has 0 bridgehead atoms. The second-order valence-corrected chi connectivity index (χ2v) is 5.09. The third-order valence-electron chi connectivity index (χ3n) is 2.83. The van der Waals surface area contributed by atoms with Crippen molar-refractivity contribution in [2.24, 2.45) is 5.92 Å². The van der Waals surface area contributed by atoms with Crippen molar-refractivity contribution in [3.8, 4) is 16.9 Å². The van der Waals surface area contributed by atoms with Gasteiger partial charge in [-0.25, -0.2) is 9.97 Å². The van der Waals surface area contributed by atoms with Crippen molar-refractivity contribution in [1.82, 2.24) is 9.97 Å². The highest BCUT2D eigenvalue weighted by Gasteiger charge is 2.08. The Labute approximate surface area is 118 Å². The number of aldehydes is 1. The predicted octanol–water partition coefficient (Wildman–Crippen LogP) is 3.30. The maximum atomic E-state index is 11.2. The normalized spacial score (nSPS) is 10.6. The number of carbonyl (C=O) groups excluding carboxylic acids is 1. The van der Waals surface area contributed by atoms with Gasteiger partial charge in [-0.15, -0.1) is 0 Å². The van der Waals surface area contributed by atoms with Gasteiger partial charge in [-0.05, 0) is 36.6 Å². The average molecular weight is 270 g/mol. The van der Waals surface area contributed by atoms with Crippen LogP contribution in [0.5, 0.6) is 5.75 Å². The zero-order valence-electron chi connectivity index (χ0n) is 12.0. The van der Waals surface area contributed by atoms with Gasteiger partial charge in [0.05, 0.1) is 6.61 Å². The molecule has 0 radical (unpaired) electrons. The van der Waals surface area contributed by atoms with E-state index in [2.05, 4.69) is 23.8 Å². The molecule has 1 heterocycles. The summed E-state index contributed by atoms with van der Waals surface area (Å²) in [5, 5.41) is 0. The van der Waals surface area contributed by atoms with Crippen LogP contribution in [0.2, 0.25) is 0 Å². The molecule has 1 aromatic carbocycles. The standard InChI is InChI=1S/C16H18N2O2/c1-11(2)10-20-15-5-4-13(9-19)16(6-15)14-7-17-12(3)18-8-14/h4-9,11H,10H2,1-3H3. The Hall–Kier alpha value is -2.23. The molecule has 20 heavy (non-hydrogen) atoms. The van der Waals surface area contributed by atoms with Gasteiger partial charge in [-0.1, -0.05) is 13.8 Å². The van der Waals surface area contributed by atoms with E-state index >= 15 is 0 Å². The summed E-state index contributed by atoms with van der Waals surface area (Å²) in [6.07, 6.45) is 4.27. The first kappa shape index (κ1) is 14.2. The van der Waals surface area contributed by atoms with Crippen molar-refractivity contribution >= 4 is 6.29 Å². The molecule has 0 aliphatic heterocycles. The summed E-state index contributed by atoms with van der Waals surface area (Å²) in [5.74, 6) is 1.90. The first-order valence-corrected chi connectivity index (χ1v) is 6.61. The maximum absolute atomic E-state index is 11.2. The summed E-state index contributed by atoms with van der Waals surface area (Å²) in [4.78, 5) is 19.5. The van der Waals surface area contributed by atoms with Crippen molar-refractivity contribution in [3.05, 3.63) is 42.0 Å². The van der Waals surface area contributed by atoms with E-state index in [0.29, 0.717) is 23.9 Å². The molecule has 2 rings (SSSR count). The van der Waals surface area contributed by atoms with Crippen molar-refractivity contribution < 1.29 is 9.53 Å². The smallest absolute Gasteiger partial charge is 0.150 e. The molecular formula is C16H18N2O2. The maximum Gasteiger partial charge on any atom is 0.150 e. The van der Waals surface area contributed by atoms with E-state index in [4.69, 9.17) is 4.74 Å². The van der Waals surface area contributed by atoms with E-state index in [9.17, 15) is 4.79 Å². The zero-order valence-corrected chi connectivity index (χ0v) is 12.0. The Balaban J connectivity index is 2.36. The number of aryl methyl sites for hydroxylation is 1. The number of nitrogens with zero attached hydrogens (tertiary/aromatic N) is 2. The fraction of sp³-hybridized carbons (Fsp3) is 0.312. The van der Waals surface area contributed by atoms with E-state index in [1.54, 1.807) is 18.5 Å². The van der Waals surface area contributed by atoms with Gasteiger partial charge in [-0.3, -0.25) is 4.79 Å². The molecule has 0 N–H and O–H groups in total. The number of ether oxygens (including phenoxy) is 1. The first-order chi connectivity index (χ1) is 9.60. The molecule has 0 fully saturated rings. The average Bonchev–Trinajstić information content (AvgIpc) is 2.45. The molecular weight excluding hydrogens is 252 g/mol. The van der Waals surface area contributed by atoms with Gasteiger partial charge in [0.25, 0.3) is 0 Å². The van der Waals surface area contributed by atoms with Crippen LogP contribution in [-0.4, -0.2) is 22.9 Å². The van der Waals surface area contributed by atoms with E-state index < -0.39 is 0 Å². The highest BCUT2D eigenvalue weighted by Crippen LogP contribution is 2.26. The minimum absolute atomic E-state index is 0.451. The molecule has 104 valence electrons. The zero-order chi connectivity index (χ0) is 14.5. The third-order valence-corrected chi connectivity index (χ3v) is 2.83. The fourth-order valence-electron chi connectivity index (χ4n) is 1.77. The Morgan fingerprint density at radius 1 is 1.25 bits per heavy atom. The van der Waals surface area contributed by atoms with Gasteiger partial charge in [-0.2, -0.15) is 0 Å². The van der Waals surface area contributed by atoms with Crippen LogP contribution >= 0.6 is 0 Å². The molecule has 0 spiro atoms. The summed E-state index contributed by atoms with van der Waals surface area (Å²) in [5.41, 5.74) is 2.21. The highest BCUT2D eigenvalue weighted by molar-refractivity contribution is 5.87. The lowest BCUT2D eigenvalue weighted by Crippen LogP contribution is -2.04. The second-order valence-electron chi connectivity index (χ2n) is 5.09. The lowest BCUT2D eigenvalue weighted by Gasteiger charge is -2.11. The van der Waals surface area contributed by atoms with Crippen LogP contribution < -0.4 is 4.74 Å². The molecule has 0 saturated heterocycles. The van der Waals surface area contributed by atoms with Crippen LogP contribution in [0, 0.1) is 12.8 Å². The molecule has 0 unspecified atom stereocenters. The number of benzene rings is 1. The molecule has 4 heteroatoms. The van der Waals surface area contributed by atoms with Crippen molar-refractivity contribution in [1.29, 1.82) is 0 Å². The van der Waals surface area contributed by atoms with E-state index in [0.717, 1.165) is 23.2 Å². The minimum Gasteiger partial charge on any atom is -0.493 e. The Kier molecular flexibility index (Phi) is 4.45. The second kappa shape index (κ2) is 6.28. The molecule has 0 atom stereocenters. The largest absolute Gasteiger partial charge is 0.493 e. The molecule has 0 aliphatic carbocycles. The third kappa shape index (κ3) is 3.41. The SMILES string of the molecule is Cc1ncc(-c2cc(OCC(C)C)ccc2C=O)cn1. The Bertz CT molecular complexity index is 592. The van der Waals surface area contributed by atoms with E-state index in [1.165, 1.54) is 0 Å². The number of aromatic nitrogens is 2. The number of carbonyl (C=O) groups is 1. The van der Waals surface area contributed by atoms with Gasteiger partial charge in [0.15, 0.2) is 6.29 Å². The monoisotopic (exact) mass is 270 g/mol. The molecule has 0 saturated carbocycles. The highest BCUT2D eigenvalue weighted by atomic mass is 16.5. The summed E-state index contributed by atoms with van der Waals surface area (Å²) in [6.45, 7) is 6.65. The summed E-state index contributed by atoms with van der Waals surface area (Å²) in [6, 6.07) is 5.43. The topological polar surface area (TPSA) is 52.1 Å². The Morgan fingerprint density at radius 2 is 1.95 bits per heavy atom. The molecule has 4 nitrogen and oxygen atoms in total. The van der Waals surface area contributed by atoms with Gasteiger partial charge in [0.1, 0.15) is 11.6 Å². The summed E-state index contributed by atoms with van der Waals surface area (Å²) in [7, 11) is 0. The van der Waals surface area contributed by atoms with Crippen LogP contribution in [0.1, 0.15) is 30.0 Å². The quantitative estimate of drug-likeness (QED) is 0.782. The van der Waals surface area contributed by atoms with Crippen LogP contribution in [0.25, 0.3) is 11.1 Å². The van der Waals surface area contributed by atoms with Gasteiger partial charge in [0.2, 0.25) is 0 Å². The van der Waals surface area contributed by atoms with Crippen molar-refractivity contribution in [3.63, 3.8) is 0 Å². The van der Waals surface area contributed by atoms with Gasteiger partial charge in [0, 0.05) is 23.5 Å². The predicted molar refractivity (Wildman–Crippen MR) is 77.9 cm³/mol. The lowest BCUT2D eigenvalue weighted by molar-refractivity contribution is 0.112. The number of hydrogen-bond acceptors (Lipinski definition) is 4. The van der Waals surface area contributed by atoms with Crippen LogP contribution in [0.4, 0.5) is 0 Å². The van der Waals surface area contributed by atoms with E-state index in [1.807, 2.05) is 19.1 Å². The molecule has 1 aromatic heterocycles. The van der Waals surface area contributed by atoms with Crippen LogP contribution in [0.3, 0.4) is 0 Å². The van der Waals surface area contributed by atoms with Gasteiger partial charge >= 0.3 is 0 Å². The molecule has 2 aromatic rings. The minimum atomic E-state index is 0.451. The van der Waals surface area contributed by atoms with E-state index in [-0.39, 0.29) is 0 Å². The lowest BCUT2D eigenvalue weighted by atomic mass is 10.0. The van der Waals surface area contributed by atoms with Crippen molar-refractivity contribution in [2.45, 2.75) is 20.8 Å².